The summed E-state index contributed by atoms with van der Waals surface area (Å²) in [6, 6.07) is 5.49. The van der Waals surface area contributed by atoms with Crippen molar-refractivity contribution in [3.8, 4) is 0 Å². The maximum absolute atomic E-state index is 11.7. The summed E-state index contributed by atoms with van der Waals surface area (Å²) >= 11 is 1.28. The van der Waals surface area contributed by atoms with E-state index in [2.05, 4.69) is 25.5 Å². The molecule has 2 rings (SSSR count). The number of rotatable bonds is 5. The molecule has 0 aromatic carbocycles. The van der Waals surface area contributed by atoms with Crippen molar-refractivity contribution >= 4 is 23.9 Å². The quantitative estimate of drug-likeness (QED) is 0.394. The molecule has 0 aliphatic heterocycles. The van der Waals surface area contributed by atoms with Crippen molar-refractivity contribution < 1.29 is 4.79 Å². The van der Waals surface area contributed by atoms with Crippen LogP contribution in [0.2, 0.25) is 0 Å². The fourth-order valence-electron chi connectivity index (χ4n) is 1.55. The third kappa shape index (κ3) is 5.31. The lowest BCUT2D eigenvalue weighted by Crippen LogP contribution is -2.19. The van der Waals surface area contributed by atoms with Crippen LogP contribution >= 0.6 is 11.8 Å². The van der Waals surface area contributed by atoms with Gasteiger partial charge in [-0.1, -0.05) is 11.8 Å². The first-order chi connectivity index (χ1) is 10.1. The molecule has 108 valence electrons. The van der Waals surface area contributed by atoms with Gasteiger partial charge in [0.25, 0.3) is 5.91 Å². The van der Waals surface area contributed by atoms with Crippen molar-refractivity contribution in [1.82, 2.24) is 20.4 Å². The Morgan fingerprint density at radius 2 is 1.95 bits per heavy atom. The fraction of sp³-hybridized carbons (Fsp3) is 0.214. The van der Waals surface area contributed by atoms with Crippen LogP contribution in [0, 0.1) is 13.8 Å². The molecule has 2 aromatic heterocycles. The van der Waals surface area contributed by atoms with Crippen LogP contribution in [0.1, 0.15) is 17.0 Å². The average molecular weight is 301 g/mol. The van der Waals surface area contributed by atoms with Crippen molar-refractivity contribution in [3.63, 3.8) is 0 Å². The van der Waals surface area contributed by atoms with Crippen LogP contribution in [0.3, 0.4) is 0 Å². The molecule has 1 N–H and O–H groups in total. The van der Waals surface area contributed by atoms with Gasteiger partial charge in [-0.2, -0.15) is 5.10 Å². The summed E-state index contributed by atoms with van der Waals surface area (Å²) in [5, 5.41) is 4.48. The molecular formula is C14H15N5OS. The number of nitrogens with zero attached hydrogens (tertiary/aromatic N) is 4. The molecule has 2 aromatic rings. The second-order valence-electron chi connectivity index (χ2n) is 4.30. The molecule has 6 nitrogen and oxygen atoms in total. The van der Waals surface area contributed by atoms with E-state index < -0.39 is 0 Å². The van der Waals surface area contributed by atoms with Crippen LogP contribution in [0.5, 0.6) is 0 Å². The Hall–Kier alpha value is -2.28. The van der Waals surface area contributed by atoms with Crippen LogP contribution < -0.4 is 5.43 Å². The first-order valence-electron chi connectivity index (χ1n) is 6.30. The monoisotopic (exact) mass is 301 g/mol. The number of amides is 1. The third-order valence-electron chi connectivity index (χ3n) is 2.40. The molecule has 0 spiro atoms. The Kier molecular flexibility index (Phi) is 5.39. The highest BCUT2D eigenvalue weighted by atomic mass is 32.2. The summed E-state index contributed by atoms with van der Waals surface area (Å²) < 4.78 is 0. The second kappa shape index (κ2) is 7.49. The highest BCUT2D eigenvalue weighted by Gasteiger charge is 2.05. The SMILES string of the molecule is Cc1cc(C)nc(SCC(=O)NN=Cc2ccncc2)n1. The molecule has 21 heavy (non-hydrogen) atoms. The molecule has 0 aliphatic carbocycles. The van der Waals surface area contributed by atoms with E-state index >= 15 is 0 Å². The van der Waals surface area contributed by atoms with Crippen molar-refractivity contribution in [2.75, 3.05) is 5.75 Å². The minimum Gasteiger partial charge on any atom is -0.272 e. The van der Waals surface area contributed by atoms with Gasteiger partial charge in [-0.05, 0) is 37.6 Å². The van der Waals surface area contributed by atoms with Gasteiger partial charge in [0, 0.05) is 23.8 Å². The lowest BCUT2D eigenvalue weighted by molar-refractivity contribution is -0.118. The van der Waals surface area contributed by atoms with Gasteiger partial charge in [0.1, 0.15) is 0 Å². The zero-order valence-corrected chi connectivity index (χ0v) is 12.6. The Bertz CT molecular complexity index is 625. The first-order valence-corrected chi connectivity index (χ1v) is 7.29. The van der Waals surface area contributed by atoms with Gasteiger partial charge in [-0.25, -0.2) is 15.4 Å². The van der Waals surface area contributed by atoms with Gasteiger partial charge in [0.05, 0.1) is 12.0 Å². The number of hydrogen-bond acceptors (Lipinski definition) is 6. The largest absolute Gasteiger partial charge is 0.272 e. The predicted molar refractivity (Wildman–Crippen MR) is 82.2 cm³/mol. The fourth-order valence-corrected chi connectivity index (χ4v) is 2.29. The number of carbonyl (C=O) groups excluding carboxylic acids is 1. The van der Waals surface area contributed by atoms with E-state index in [9.17, 15) is 4.79 Å². The number of hydrogen-bond donors (Lipinski definition) is 1. The van der Waals surface area contributed by atoms with Crippen LogP contribution in [0.4, 0.5) is 0 Å². The minimum absolute atomic E-state index is 0.201. The normalized spacial score (nSPS) is 10.8. The molecule has 0 atom stereocenters. The van der Waals surface area contributed by atoms with Crippen molar-refractivity contribution in [3.05, 3.63) is 47.5 Å². The van der Waals surface area contributed by atoms with E-state index in [1.54, 1.807) is 30.7 Å². The van der Waals surface area contributed by atoms with Gasteiger partial charge >= 0.3 is 0 Å². The van der Waals surface area contributed by atoms with Crippen molar-refractivity contribution in [2.24, 2.45) is 5.10 Å². The Labute approximate surface area is 127 Å². The number of hydrazone groups is 1. The summed E-state index contributed by atoms with van der Waals surface area (Å²) in [7, 11) is 0. The molecule has 0 radical (unpaired) electrons. The van der Waals surface area contributed by atoms with Crippen LogP contribution in [-0.2, 0) is 4.79 Å². The minimum atomic E-state index is -0.201. The molecule has 0 saturated carbocycles. The zero-order valence-electron chi connectivity index (χ0n) is 11.8. The average Bonchev–Trinajstić information content (AvgIpc) is 2.45. The maximum atomic E-state index is 11.7. The standard InChI is InChI=1S/C14H15N5OS/c1-10-7-11(2)18-14(17-10)21-9-13(20)19-16-8-12-3-5-15-6-4-12/h3-8H,9H2,1-2H3,(H,19,20). The van der Waals surface area contributed by atoms with Gasteiger partial charge < -0.3 is 0 Å². The van der Waals surface area contributed by atoms with Crippen molar-refractivity contribution in [2.45, 2.75) is 19.0 Å². The molecule has 0 saturated heterocycles. The van der Waals surface area contributed by atoms with E-state index in [0.29, 0.717) is 5.16 Å². The number of pyridine rings is 1. The van der Waals surface area contributed by atoms with Gasteiger partial charge in [-0.15, -0.1) is 0 Å². The highest BCUT2D eigenvalue weighted by Crippen LogP contribution is 2.13. The van der Waals surface area contributed by atoms with Crippen LogP contribution in [0.15, 0.2) is 40.9 Å². The Morgan fingerprint density at radius 1 is 1.29 bits per heavy atom. The van der Waals surface area contributed by atoms with E-state index in [1.807, 2.05) is 19.9 Å². The lowest BCUT2D eigenvalue weighted by atomic mass is 10.3. The van der Waals surface area contributed by atoms with Crippen LogP contribution in [-0.4, -0.2) is 32.8 Å². The summed E-state index contributed by atoms with van der Waals surface area (Å²) in [6.45, 7) is 3.80. The lowest BCUT2D eigenvalue weighted by Gasteiger charge is -2.02. The topological polar surface area (TPSA) is 80.1 Å². The third-order valence-corrected chi connectivity index (χ3v) is 3.25. The molecule has 7 heteroatoms. The van der Waals surface area contributed by atoms with Crippen LogP contribution in [0.25, 0.3) is 0 Å². The molecule has 1 amide bonds. The van der Waals surface area contributed by atoms with Gasteiger partial charge in [0.2, 0.25) is 0 Å². The number of carbonyl (C=O) groups is 1. The van der Waals surface area contributed by atoms with E-state index in [-0.39, 0.29) is 11.7 Å². The molecular weight excluding hydrogens is 286 g/mol. The first kappa shape index (κ1) is 15.1. The second-order valence-corrected chi connectivity index (χ2v) is 5.24. The van der Waals surface area contributed by atoms with Crippen molar-refractivity contribution in [1.29, 1.82) is 0 Å². The molecule has 0 aliphatic rings. The highest BCUT2D eigenvalue weighted by molar-refractivity contribution is 7.99. The van der Waals surface area contributed by atoms with E-state index in [4.69, 9.17) is 0 Å². The van der Waals surface area contributed by atoms with E-state index in [0.717, 1.165) is 17.0 Å². The Balaban J connectivity index is 1.81. The summed E-state index contributed by atoms with van der Waals surface area (Å²) in [5.74, 6) is 0.0180. The molecule has 2 heterocycles. The van der Waals surface area contributed by atoms with Gasteiger partial charge in [0.15, 0.2) is 5.16 Å². The number of aromatic nitrogens is 3. The summed E-state index contributed by atoms with van der Waals surface area (Å²) in [6.07, 6.45) is 4.89. The van der Waals surface area contributed by atoms with Gasteiger partial charge in [-0.3, -0.25) is 9.78 Å². The predicted octanol–water partition coefficient (Wildman–Crippen LogP) is 1.73. The molecule has 0 bridgehead atoms. The van der Waals surface area contributed by atoms with E-state index in [1.165, 1.54) is 11.8 Å². The zero-order chi connectivity index (χ0) is 15.1. The number of aryl methyl sites for hydroxylation is 2. The maximum Gasteiger partial charge on any atom is 0.250 e. The summed E-state index contributed by atoms with van der Waals surface area (Å²) in [4.78, 5) is 24.1. The summed E-state index contributed by atoms with van der Waals surface area (Å²) in [5.41, 5.74) is 5.12. The Morgan fingerprint density at radius 3 is 2.62 bits per heavy atom. The number of nitrogens with one attached hydrogen (secondary N) is 1. The molecule has 0 fully saturated rings. The molecule has 0 unspecified atom stereocenters. The smallest absolute Gasteiger partial charge is 0.250 e. The number of thioether (sulfide) groups is 1.